The molecule has 1 aromatic carbocycles. The molecule has 2 aromatic rings. The SMILES string of the molecule is CCOC(=O)C(c1ccc(Cl)cc1)N1CCN(C(=O)C2CCCN2C(=O)c2ccco2)CC1. The second-order valence-electron chi connectivity index (χ2n) is 8.20. The van der Waals surface area contributed by atoms with E-state index in [4.69, 9.17) is 20.8 Å². The van der Waals surface area contributed by atoms with Crippen molar-refractivity contribution >= 4 is 29.4 Å². The van der Waals surface area contributed by atoms with Crippen LogP contribution in [-0.4, -0.2) is 77.9 Å². The van der Waals surface area contributed by atoms with Crippen molar-refractivity contribution in [2.45, 2.75) is 31.8 Å². The lowest BCUT2D eigenvalue weighted by Gasteiger charge is -2.40. The molecule has 2 fully saturated rings. The van der Waals surface area contributed by atoms with E-state index in [1.807, 2.05) is 17.0 Å². The van der Waals surface area contributed by atoms with E-state index >= 15 is 0 Å². The molecule has 9 heteroatoms. The van der Waals surface area contributed by atoms with Crippen molar-refractivity contribution in [2.24, 2.45) is 0 Å². The van der Waals surface area contributed by atoms with Crippen LogP contribution in [0, 0.1) is 0 Å². The van der Waals surface area contributed by atoms with Crippen LogP contribution in [-0.2, 0) is 14.3 Å². The first kappa shape index (κ1) is 23.3. The largest absolute Gasteiger partial charge is 0.465 e. The molecule has 2 unspecified atom stereocenters. The molecule has 0 aliphatic carbocycles. The number of furan rings is 1. The summed E-state index contributed by atoms with van der Waals surface area (Å²) in [5, 5.41) is 0.599. The normalized spacial score (nSPS) is 20.0. The lowest BCUT2D eigenvalue weighted by molar-refractivity contribution is -0.151. The maximum absolute atomic E-state index is 13.3. The van der Waals surface area contributed by atoms with Crippen LogP contribution < -0.4 is 0 Å². The standard InChI is InChI=1S/C24H28ClN3O5/c1-2-32-24(31)21(17-7-9-18(25)10-8-17)26-12-14-27(15-13-26)22(29)19-5-3-11-28(19)23(30)20-6-4-16-33-20/h4,6-10,16,19,21H,2-3,5,11-15H2,1H3. The Kier molecular flexibility index (Phi) is 7.35. The number of piperazine rings is 1. The fraction of sp³-hybridized carbons (Fsp3) is 0.458. The zero-order chi connectivity index (χ0) is 23.4. The van der Waals surface area contributed by atoms with Crippen LogP contribution in [0.5, 0.6) is 0 Å². The van der Waals surface area contributed by atoms with E-state index in [1.165, 1.54) is 6.26 Å². The maximum atomic E-state index is 13.3. The summed E-state index contributed by atoms with van der Waals surface area (Å²) in [5.74, 6) is -0.365. The van der Waals surface area contributed by atoms with Crippen molar-refractivity contribution in [1.82, 2.24) is 14.7 Å². The van der Waals surface area contributed by atoms with Gasteiger partial charge in [-0.25, -0.2) is 4.79 Å². The monoisotopic (exact) mass is 473 g/mol. The molecule has 0 spiro atoms. The van der Waals surface area contributed by atoms with Crippen LogP contribution in [0.3, 0.4) is 0 Å². The molecule has 0 N–H and O–H groups in total. The van der Waals surface area contributed by atoms with Crippen LogP contribution in [0.25, 0.3) is 0 Å². The Morgan fingerprint density at radius 2 is 1.82 bits per heavy atom. The number of rotatable bonds is 6. The molecule has 0 bridgehead atoms. The molecule has 2 amide bonds. The van der Waals surface area contributed by atoms with Crippen LogP contribution in [0.15, 0.2) is 47.1 Å². The van der Waals surface area contributed by atoms with E-state index in [0.717, 1.165) is 12.0 Å². The first-order valence-electron chi connectivity index (χ1n) is 11.3. The van der Waals surface area contributed by atoms with Gasteiger partial charge >= 0.3 is 5.97 Å². The molecule has 8 nitrogen and oxygen atoms in total. The zero-order valence-electron chi connectivity index (χ0n) is 18.6. The molecule has 2 saturated heterocycles. The molecule has 1 aromatic heterocycles. The van der Waals surface area contributed by atoms with Crippen LogP contribution in [0.1, 0.15) is 41.9 Å². The summed E-state index contributed by atoms with van der Waals surface area (Å²) >= 11 is 6.02. The third-order valence-electron chi connectivity index (χ3n) is 6.22. The number of esters is 1. The zero-order valence-corrected chi connectivity index (χ0v) is 19.4. The first-order chi connectivity index (χ1) is 16.0. The minimum atomic E-state index is -0.553. The number of halogens is 1. The van der Waals surface area contributed by atoms with Gasteiger partial charge < -0.3 is 19.0 Å². The number of hydrogen-bond acceptors (Lipinski definition) is 6. The average Bonchev–Trinajstić information content (AvgIpc) is 3.53. The Hall–Kier alpha value is -2.84. The molecule has 2 atom stereocenters. The molecule has 176 valence electrons. The van der Waals surface area contributed by atoms with Gasteiger partial charge in [-0.3, -0.25) is 14.5 Å². The molecule has 3 heterocycles. The van der Waals surface area contributed by atoms with Gasteiger partial charge in [0.25, 0.3) is 5.91 Å². The fourth-order valence-electron chi connectivity index (χ4n) is 4.58. The van der Waals surface area contributed by atoms with E-state index in [1.54, 1.807) is 41.0 Å². The number of carbonyl (C=O) groups excluding carboxylic acids is 3. The van der Waals surface area contributed by atoms with Crippen molar-refractivity contribution < 1.29 is 23.5 Å². The highest BCUT2D eigenvalue weighted by molar-refractivity contribution is 6.30. The summed E-state index contributed by atoms with van der Waals surface area (Å²) < 4.78 is 10.6. The Morgan fingerprint density at radius 3 is 2.45 bits per heavy atom. The summed E-state index contributed by atoms with van der Waals surface area (Å²) in [4.78, 5) is 44.2. The van der Waals surface area contributed by atoms with E-state index in [-0.39, 0.29) is 23.5 Å². The van der Waals surface area contributed by atoms with Gasteiger partial charge in [0.05, 0.1) is 12.9 Å². The topological polar surface area (TPSA) is 83.3 Å². The molecule has 2 aliphatic heterocycles. The lowest BCUT2D eigenvalue weighted by atomic mass is 10.0. The van der Waals surface area contributed by atoms with Gasteiger partial charge in [0.2, 0.25) is 5.91 Å². The molecule has 0 radical (unpaired) electrons. The molecule has 2 aliphatic rings. The highest BCUT2D eigenvalue weighted by Crippen LogP contribution is 2.27. The van der Waals surface area contributed by atoms with Gasteiger partial charge in [0, 0.05) is 37.7 Å². The van der Waals surface area contributed by atoms with Gasteiger partial charge in [-0.1, -0.05) is 23.7 Å². The number of amides is 2. The number of benzene rings is 1. The fourth-order valence-corrected chi connectivity index (χ4v) is 4.71. The van der Waals surface area contributed by atoms with Crippen LogP contribution in [0.2, 0.25) is 5.02 Å². The third kappa shape index (κ3) is 5.07. The highest BCUT2D eigenvalue weighted by Gasteiger charge is 2.39. The molecule has 33 heavy (non-hydrogen) atoms. The summed E-state index contributed by atoms with van der Waals surface area (Å²) in [6, 6.07) is 9.43. The third-order valence-corrected chi connectivity index (χ3v) is 6.47. The Balaban J connectivity index is 1.42. The summed E-state index contributed by atoms with van der Waals surface area (Å²) in [5.41, 5.74) is 0.809. The number of likely N-dealkylation sites (tertiary alicyclic amines) is 1. The van der Waals surface area contributed by atoms with Crippen molar-refractivity contribution in [1.29, 1.82) is 0 Å². The predicted molar refractivity (Wildman–Crippen MR) is 122 cm³/mol. The average molecular weight is 474 g/mol. The minimum absolute atomic E-state index is 0.0498. The smallest absolute Gasteiger partial charge is 0.328 e. The molecular formula is C24H28ClN3O5. The molecule has 4 rings (SSSR count). The van der Waals surface area contributed by atoms with E-state index < -0.39 is 12.1 Å². The number of carbonyl (C=O) groups is 3. The first-order valence-corrected chi connectivity index (χ1v) is 11.7. The quantitative estimate of drug-likeness (QED) is 0.600. The summed E-state index contributed by atoms with van der Waals surface area (Å²) in [6.07, 6.45) is 2.88. The highest BCUT2D eigenvalue weighted by atomic mass is 35.5. The number of ether oxygens (including phenoxy) is 1. The van der Waals surface area contributed by atoms with Gasteiger partial charge in [0.15, 0.2) is 5.76 Å². The van der Waals surface area contributed by atoms with Gasteiger partial charge in [-0.15, -0.1) is 0 Å². The number of hydrogen-bond donors (Lipinski definition) is 0. The van der Waals surface area contributed by atoms with Gasteiger partial charge in [-0.05, 0) is 49.6 Å². The Labute approximate surface area is 198 Å². The van der Waals surface area contributed by atoms with E-state index in [2.05, 4.69) is 0 Å². The van der Waals surface area contributed by atoms with Crippen molar-refractivity contribution in [3.05, 3.63) is 59.0 Å². The van der Waals surface area contributed by atoms with E-state index in [9.17, 15) is 14.4 Å². The van der Waals surface area contributed by atoms with E-state index in [0.29, 0.717) is 50.8 Å². The summed E-state index contributed by atoms with van der Waals surface area (Å²) in [7, 11) is 0. The van der Waals surface area contributed by atoms with Gasteiger partial charge in [0.1, 0.15) is 12.1 Å². The maximum Gasteiger partial charge on any atom is 0.328 e. The number of nitrogens with zero attached hydrogens (tertiary/aromatic N) is 3. The Bertz CT molecular complexity index is 970. The van der Waals surface area contributed by atoms with Gasteiger partial charge in [-0.2, -0.15) is 0 Å². The van der Waals surface area contributed by atoms with Crippen LogP contribution >= 0.6 is 11.6 Å². The summed E-state index contributed by atoms with van der Waals surface area (Å²) in [6.45, 7) is 4.61. The van der Waals surface area contributed by atoms with Crippen molar-refractivity contribution in [3.8, 4) is 0 Å². The lowest BCUT2D eigenvalue weighted by Crippen LogP contribution is -2.55. The molecule has 0 saturated carbocycles. The Morgan fingerprint density at radius 1 is 1.09 bits per heavy atom. The van der Waals surface area contributed by atoms with Crippen molar-refractivity contribution in [3.63, 3.8) is 0 Å². The second kappa shape index (κ2) is 10.4. The molecular weight excluding hydrogens is 446 g/mol. The second-order valence-corrected chi connectivity index (χ2v) is 8.64. The predicted octanol–water partition coefficient (Wildman–Crippen LogP) is 2.99. The minimum Gasteiger partial charge on any atom is -0.465 e. The van der Waals surface area contributed by atoms with Crippen molar-refractivity contribution in [2.75, 3.05) is 39.3 Å². The van der Waals surface area contributed by atoms with Crippen LogP contribution in [0.4, 0.5) is 0 Å².